The fourth-order valence-electron chi connectivity index (χ4n) is 7.18. The van der Waals surface area contributed by atoms with Crippen LogP contribution in [0.2, 0.25) is 5.02 Å². The number of hydrogen-bond donors (Lipinski definition) is 1. The monoisotopic (exact) mass is 609 g/mol. The molecule has 9 nitrogen and oxygen atoms in total. The molecule has 0 saturated carbocycles. The van der Waals surface area contributed by atoms with Crippen molar-refractivity contribution in [2.75, 3.05) is 43.0 Å². The Morgan fingerprint density at radius 2 is 2.00 bits per heavy atom. The number of hydrogen-bond acceptors (Lipinski definition) is 7. The first-order chi connectivity index (χ1) is 20.6. The van der Waals surface area contributed by atoms with Crippen molar-refractivity contribution in [3.05, 3.63) is 53.6 Å². The molecule has 2 aromatic carbocycles. The van der Waals surface area contributed by atoms with Crippen LogP contribution in [0.5, 0.6) is 11.6 Å². The third kappa shape index (κ3) is 4.08. The van der Waals surface area contributed by atoms with Gasteiger partial charge in [-0.1, -0.05) is 24.2 Å². The van der Waals surface area contributed by atoms with Gasteiger partial charge in [-0.15, -0.1) is 0 Å². The van der Waals surface area contributed by atoms with E-state index in [9.17, 15) is 19.1 Å². The maximum atomic E-state index is 16.6. The number of phenolic OH excluding ortho intramolecular Hbond substituents is 1. The van der Waals surface area contributed by atoms with E-state index in [4.69, 9.17) is 16.3 Å². The van der Waals surface area contributed by atoms with Gasteiger partial charge >= 0.3 is 0 Å². The molecule has 0 aliphatic carbocycles. The van der Waals surface area contributed by atoms with Gasteiger partial charge < -0.3 is 24.5 Å². The van der Waals surface area contributed by atoms with Crippen LogP contribution in [-0.2, 0) is 9.59 Å². The van der Waals surface area contributed by atoms with Gasteiger partial charge in [-0.05, 0) is 57.6 Å². The van der Waals surface area contributed by atoms with Gasteiger partial charge in [-0.25, -0.2) is 13.8 Å². The summed E-state index contributed by atoms with van der Waals surface area (Å²) in [5, 5.41) is 10.7. The van der Waals surface area contributed by atoms with E-state index in [1.807, 2.05) is 18.9 Å². The second-order valence-electron chi connectivity index (χ2n) is 11.7. The summed E-state index contributed by atoms with van der Waals surface area (Å²) in [4.78, 5) is 38.9. The van der Waals surface area contributed by atoms with Crippen LogP contribution in [0.15, 0.2) is 36.9 Å². The molecule has 5 heterocycles. The lowest BCUT2D eigenvalue weighted by atomic mass is 9.94. The molecule has 0 unspecified atom stereocenters. The summed E-state index contributed by atoms with van der Waals surface area (Å²) in [5.41, 5.74) is 0.138. The highest BCUT2D eigenvalue weighted by Crippen LogP contribution is 2.52. The summed E-state index contributed by atoms with van der Waals surface area (Å²) in [6.07, 6.45) is 2.66. The fraction of sp³-hybridized carbons (Fsp3) is 0.387. The number of phenols is 1. The maximum absolute atomic E-state index is 16.6. The number of piperazine rings is 1. The molecule has 2 fully saturated rings. The fourth-order valence-corrected chi connectivity index (χ4v) is 7.47. The maximum Gasteiger partial charge on any atom is 0.251 e. The third-order valence-electron chi connectivity index (χ3n) is 9.27. The number of carbonyl (C=O) groups excluding carboxylic acids is 2. The summed E-state index contributed by atoms with van der Waals surface area (Å²) < 4.78 is 38.0. The van der Waals surface area contributed by atoms with Crippen LogP contribution in [-0.4, -0.2) is 89.2 Å². The Balaban J connectivity index is 1.48. The topological polar surface area (TPSA) is 89.5 Å². The van der Waals surface area contributed by atoms with Crippen LogP contribution in [0.1, 0.15) is 19.8 Å². The Morgan fingerprint density at radius 3 is 2.70 bits per heavy atom. The minimum absolute atomic E-state index is 0.0196. The van der Waals surface area contributed by atoms with Gasteiger partial charge in [0.2, 0.25) is 11.8 Å². The molecular formula is C31H30ClF2N5O4. The van der Waals surface area contributed by atoms with Crippen molar-refractivity contribution < 1.29 is 28.2 Å². The lowest BCUT2D eigenvalue weighted by molar-refractivity contribution is -0.131. The molecule has 4 aliphatic heterocycles. The Kier molecular flexibility index (Phi) is 6.51. The molecule has 4 aliphatic rings. The second-order valence-corrected chi connectivity index (χ2v) is 12.1. The van der Waals surface area contributed by atoms with Crippen LogP contribution < -0.4 is 14.5 Å². The van der Waals surface area contributed by atoms with Crippen molar-refractivity contribution in [2.24, 2.45) is 0 Å². The Labute approximate surface area is 251 Å². The summed E-state index contributed by atoms with van der Waals surface area (Å²) in [6.45, 7) is 7.04. The highest BCUT2D eigenvalue weighted by atomic mass is 35.5. The van der Waals surface area contributed by atoms with Crippen LogP contribution in [0, 0.1) is 11.6 Å². The number of likely N-dealkylation sites (N-methyl/N-ethyl adjacent to an activating group) is 1. The normalized spacial score (nSPS) is 25.0. The van der Waals surface area contributed by atoms with Crippen LogP contribution in [0.25, 0.3) is 22.0 Å². The van der Waals surface area contributed by atoms with Crippen molar-refractivity contribution in [1.82, 2.24) is 14.8 Å². The van der Waals surface area contributed by atoms with Gasteiger partial charge in [0, 0.05) is 29.6 Å². The zero-order chi connectivity index (χ0) is 30.3. The molecule has 2 amide bonds. The van der Waals surface area contributed by atoms with Gasteiger partial charge in [-0.2, -0.15) is 0 Å². The van der Waals surface area contributed by atoms with E-state index in [2.05, 4.69) is 16.5 Å². The highest BCUT2D eigenvalue weighted by molar-refractivity contribution is 6.35. The number of anilines is 2. The summed E-state index contributed by atoms with van der Waals surface area (Å²) in [5.74, 6) is -2.59. The highest BCUT2D eigenvalue weighted by Gasteiger charge is 2.50. The quantitative estimate of drug-likeness (QED) is 0.442. The molecule has 0 spiro atoms. The van der Waals surface area contributed by atoms with Crippen molar-refractivity contribution in [3.63, 3.8) is 0 Å². The number of fused-ring (bicyclic) bond motifs is 4. The number of benzene rings is 2. The van der Waals surface area contributed by atoms with E-state index < -0.39 is 29.5 Å². The number of pyridine rings is 1. The van der Waals surface area contributed by atoms with Crippen molar-refractivity contribution in [3.8, 4) is 22.8 Å². The van der Waals surface area contributed by atoms with Gasteiger partial charge in [0.05, 0.1) is 29.4 Å². The van der Waals surface area contributed by atoms with Gasteiger partial charge in [0.15, 0.2) is 5.82 Å². The largest absolute Gasteiger partial charge is 0.507 e. The van der Waals surface area contributed by atoms with E-state index in [1.54, 1.807) is 9.80 Å². The number of likely N-dealkylation sites (tertiary alicyclic amines) is 1. The number of rotatable bonds is 3. The predicted molar refractivity (Wildman–Crippen MR) is 159 cm³/mol. The van der Waals surface area contributed by atoms with Crippen LogP contribution >= 0.6 is 11.6 Å². The zero-order valence-corrected chi connectivity index (χ0v) is 24.4. The third-order valence-corrected chi connectivity index (χ3v) is 9.56. The van der Waals surface area contributed by atoms with E-state index in [1.165, 1.54) is 24.3 Å². The van der Waals surface area contributed by atoms with E-state index in [0.717, 1.165) is 25.5 Å². The lowest BCUT2D eigenvalue weighted by Crippen LogP contribution is -2.67. The van der Waals surface area contributed by atoms with Crippen molar-refractivity contribution in [2.45, 2.75) is 44.0 Å². The SMILES string of the molecule is C=CC(=O)N1C[C@@H]2C(=O)N3C[C@H]([C@@H]4CCCN4C)Oc4nc5c(F)c(-c6c(O)cccc6F)c(Cl)cc5c(c43)N2C[C@H]1C. The molecule has 7 rings (SSSR count). The Bertz CT molecular complexity index is 1700. The van der Waals surface area contributed by atoms with E-state index in [-0.39, 0.29) is 71.1 Å². The molecule has 0 radical (unpaired) electrons. The van der Waals surface area contributed by atoms with Gasteiger partial charge in [-0.3, -0.25) is 14.5 Å². The number of aromatic nitrogens is 1. The van der Waals surface area contributed by atoms with E-state index in [0.29, 0.717) is 16.8 Å². The number of nitrogens with zero attached hydrogens (tertiary/aromatic N) is 5. The first-order valence-electron chi connectivity index (χ1n) is 14.3. The number of amides is 2. The standard InChI is InChI=1S/C31H30ClF2N5O4/c1-4-23(41)37-13-20-31(42)39-14-22(19-8-6-10-36(19)3)43-30-29(39)28(38(20)12-15(37)2)16-11-17(32)24(26(34)27(16)35-30)25-18(33)7-5-9-21(25)40/h4-5,7,9,11,15,19-20,22,40H,1,6,8,10,12-14H2,2-3H3/t15-,19+,20-,22-/m1/s1. The van der Waals surface area contributed by atoms with E-state index >= 15 is 4.39 Å². The number of carbonyl (C=O) groups is 2. The first-order valence-corrected chi connectivity index (χ1v) is 14.7. The molecule has 0 bridgehead atoms. The summed E-state index contributed by atoms with van der Waals surface area (Å²) in [6, 6.07) is 4.17. The molecule has 224 valence electrons. The van der Waals surface area contributed by atoms with Gasteiger partial charge in [0.1, 0.15) is 34.9 Å². The zero-order valence-electron chi connectivity index (χ0n) is 23.7. The molecule has 3 aromatic rings. The predicted octanol–water partition coefficient (Wildman–Crippen LogP) is 4.33. The average Bonchev–Trinajstić information content (AvgIpc) is 3.41. The van der Waals surface area contributed by atoms with Crippen molar-refractivity contribution in [1.29, 1.82) is 0 Å². The number of halogens is 3. The van der Waals surface area contributed by atoms with Crippen LogP contribution in [0.3, 0.4) is 0 Å². The Morgan fingerprint density at radius 1 is 1.21 bits per heavy atom. The number of aromatic hydroxyl groups is 1. The molecule has 1 aromatic heterocycles. The van der Waals surface area contributed by atoms with Gasteiger partial charge in [0.25, 0.3) is 5.91 Å². The average molecular weight is 610 g/mol. The molecule has 1 N–H and O–H groups in total. The molecule has 4 atom stereocenters. The van der Waals surface area contributed by atoms with Crippen molar-refractivity contribution >= 4 is 45.7 Å². The minimum Gasteiger partial charge on any atom is -0.507 e. The summed E-state index contributed by atoms with van der Waals surface area (Å²) >= 11 is 6.65. The molecular weight excluding hydrogens is 580 g/mol. The van der Waals surface area contributed by atoms with Crippen LogP contribution in [0.4, 0.5) is 20.2 Å². The lowest BCUT2D eigenvalue weighted by Gasteiger charge is -2.52. The Hall–Kier alpha value is -3.96. The molecule has 2 saturated heterocycles. The smallest absolute Gasteiger partial charge is 0.251 e. The summed E-state index contributed by atoms with van der Waals surface area (Å²) in [7, 11) is 2.01. The second kappa shape index (κ2) is 10.1. The molecule has 12 heteroatoms. The minimum atomic E-state index is -0.917. The molecule has 43 heavy (non-hydrogen) atoms. The first kappa shape index (κ1) is 27.8. The number of ether oxygens (including phenoxy) is 1.